The number of alkyl halides is 3. The fourth-order valence-electron chi connectivity index (χ4n) is 5.04. The van der Waals surface area contributed by atoms with Crippen molar-refractivity contribution >= 4 is 39.5 Å². The van der Waals surface area contributed by atoms with Gasteiger partial charge in [0.1, 0.15) is 17.2 Å². The summed E-state index contributed by atoms with van der Waals surface area (Å²) in [6, 6.07) is 12.3. The van der Waals surface area contributed by atoms with E-state index >= 15 is 4.39 Å². The molecular weight excluding hydrogens is 715 g/mol. The predicted molar refractivity (Wildman–Crippen MR) is 186 cm³/mol. The molecule has 17 heteroatoms. The van der Waals surface area contributed by atoms with Gasteiger partial charge in [0.05, 0.1) is 28.4 Å². The Labute approximate surface area is 296 Å². The van der Waals surface area contributed by atoms with Crippen molar-refractivity contribution in [2.24, 2.45) is 0 Å². The molecule has 0 aliphatic rings. The van der Waals surface area contributed by atoms with Gasteiger partial charge in [-0.05, 0) is 69.3 Å². The minimum atomic E-state index is -4.88. The summed E-state index contributed by atoms with van der Waals surface area (Å²) >= 11 is 1.22. The van der Waals surface area contributed by atoms with Gasteiger partial charge < -0.3 is 10.1 Å². The van der Waals surface area contributed by atoms with Crippen LogP contribution in [0.4, 0.5) is 28.0 Å². The van der Waals surface area contributed by atoms with Crippen LogP contribution in [0.3, 0.4) is 0 Å². The van der Waals surface area contributed by atoms with Crippen molar-refractivity contribution in [3.8, 4) is 16.8 Å². The lowest BCUT2D eigenvalue weighted by molar-refractivity contribution is -0.137. The number of nitrogens with one attached hydrogen (secondary N) is 2. The van der Waals surface area contributed by atoms with Crippen LogP contribution in [0.15, 0.2) is 70.4 Å². The van der Waals surface area contributed by atoms with Gasteiger partial charge in [-0.2, -0.15) is 29.6 Å². The van der Waals surface area contributed by atoms with E-state index < -0.39 is 63.1 Å². The zero-order valence-corrected chi connectivity index (χ0v) is 30.1. The molecule has 4 aromatic rings. The summed E-state index contributed by atoms with van der Waals surface area (Å²) in [6.45, 7) is 6.17. The van der Waals surface area contributed by atoms with E-state index in [1.165, 1.54) is 48.2 Å². The number of aryl methyl sites for hydroxylation is 1. The Morgan fingerprint density at radius 2 is 1.73 bits per heavy atom. The van der Waals surface area contributed by atoms with E-state index in [0.717, 1.165) is 28.8 Å². The van der Waals surface area contributed by atoms with E-state index in [1.807, 2.05) is 11.6 Å². The summed E-state index contributed by atoms with van der Waals surface area (Å²) in [5, 5.41) is 6.75. The van der Waals surface area contributed by atoms with Crippen molar-refractivity contribution in [3.05, 3.63) is 93.9 Å². The first-order valence-corrected chi connectivity index (χ1v) is 18.5. The zero-order chi connectivity index (χ0) is 37.7. The predicted octanol–water partition coefficient (Wildman–Crippen LogP) is 6.76. The molecule has 274 valence electrons. The normalized spacial score (nSPS) is 12.1. The number of anilines is 1. The molecule has 0 unspecified atom stereocenters. The number of carbonyl (C=O) groups excluding carboxylic acids is 2. The molecule has 2 N–H and O–H groups in total. The van der Waals surface area contributed by atoms with Crippen LogP contribution in [-0.2, 0) is 38.7 Å². The van der Waals surface area contributed by atoms with Crippen molar-refractivity contribution in [1.29, 1.82) is 0 Å². The second kappa shape index (κ2) is 15.7. The van der Waals surface area contributed by atoms with Gasteiger partial charge in [0.15, 0.2) is 0 Å². The molecule has 0 radical (unpaired) electrons. The largest absolute Gasteiger partial charge is 0.443 e. The molecule has 0 saturated heterocycles. The van der Waals surface area contributed by atoms with Crippen LogP contribution < -0.4 is 15.7 Å². The highest BCUT2D eigenvalue weighted by molar-refractivity contribution is 7.99. The lowest BCUT2D eigenvalue weighted by Gasteiger charge is -2.20. The van der Waals surface area contributed by atoms with Gasteiger partial charge in [0, 0.05) is 23.2 Å². The van der Waals surface area contributed by atoms with Crippen LogP contribution in [0.5, 0.6) is 0 Å². The Bertz CT molecular complexity index is 2090. The van der Waals surface area contributed by atoms with Gasteiger partial charge in [0.25, 0.3) is 10.0 Å². The summed E-state index contributed by atoms with van der Waals surface area (Å²) in [5.41, 5.74) is -3.51. The summed E-state index contributed by atoms with van der Waals surface area (Å²) in [4.78, 5) is 37.9. The molecule has 11 nitrogen and oxygen atoms in total. The number of aromatic nitrogens is 3. The van der Waals surface area contributed by atoms with Gasteiger partial charge in [-0.25, -0.2) is 27.1 Å². The van der Waals surface area contributed by atoms with E-state index in [9.17, 15) is 36.0 Å². The van der Waals surface area contributed by atoms with Crippen molar-refractivity contribution in [2.75, 3.05) is 17.3 Å². The molecule has 2 amide bonds. The molecule has 0 atom stereocenters. The van der Waals surface area contributed by atoms with Gasteiger partial charge >= 0.3 is 18.0 Å². The number of thioether (sulfide) groups is 1. The Morgan fingerprint density at radius 3 is 2.35 bits per heavy atom. The number of hydrogen-bond acceptors (Lipinski definition) is 8. The number of benzene rings is 3. The monoisotopic (exact) mass is 751 g/mol. The highest BCUT2D eigenvalue weighted by atomic mass is 32.2. The number of ether oxygens (including phenoxy) is 1. The fourth-order valence-corrected chi connectivity index (χ4v) is 6.48. The van der Waals surface area contributed by atoms with Gasteiger partial charge in [-0.15, -0.1) is 5.10 Å². The molecular formula is C34H37F4N5O6S2. The maximum Gasteiger partial charge on any atom is 0.421 e. The lowest BCUT2D eigenvalue weighted by Crippen LogP contribution is -2.36. The quantitative estimate of drug-likeness (QED) is 0.151. The van der Waals surface area contributed by atoms with Crippen LogP contribution in [0.2, 0.25) is 0 Å². The van der Waals surface area contributed by atoms with Crippen molar-refractivity contribution < 1.29 is 40.3 Å². The standard InChI is InChI=1S/C34H37F4N5O6S2/c1-6-7-12-29-40-43(27-18-23(39-30(44)20-50-5)15-16-25(27)34(36,37)38)32(46)42(29)19-22-14-13-21(17-26(22)35)24-10-8-9-11-28(24)51(47,48)41-31(45)49-33(2,3)4/h8-11,13-18H,6-7,12,19-20H2,1-5H3,(H,39,44)(H,41,45). The van der Waals surface area contributed by atoms with Crippen molar-refractivity contribution in [3.63, 3.8) is 0 Å². The molecule has 0 fully saturated rings. The Hall–Kier alpha value is -4.64. The summed E-state index contributed by atoms with van der Waals surface area (Å²) < 4.78 is 93.1. The van der Waals surface area contributed by atoms with Crippen molar-refractivity contribution in [2.45, 2.75) is 70.2 Å². The van der Waals surface area contributed by atoms with Crippen LogP contribution in [0.25, 0.3) is 16.8 Å². The molecule has 0 aliphatic heterocycles. The number of carbonyl (C=O) groups is 2. The number of hydrogen-bond donors (Lipinski definition) is 2. The third-order valence-electron chi connectivity index (χ3n) is 7.27. The van der Waals surface area contributed by atoms with E-state index in [0.29, 0.717) is 17.5 Å². The smallest absolute Gasteiger partial charge is 0.421 e. The Kier molecular flexibility index (Phi) is 12.1. The maximum absolute atomic E-state index is 15.8. The Morgan fingerprint density at radius 1 is 1.02 bits per heavy atom. The zero-order valence-electron chi connectivity index (χ0n) is 28.4. The second-order valence-electron chi connectivity index (χ2n) is 12.4. The average Bonchev–Trinajstić information content (AvgIpc) is 3.33. The molecule has 1 aromatic heterocycles. The number of amides is 2. The summed E-state index contributed by atoms with van der Waals surface area (Å²) in [6.07, 6.45) is -3.00. The SMILES string of the molecule is CCCCc1nn(-c2cc(NC(=O)CSC)ccc2C(F)(F)F)c(=O)n1Cc1ccc(-c2ccccc2S(=O)(=O)NC(=O)OC(C)(C)C)cc1F. The Balaban J connectivity index is 1.75. The number of sulfonamides is 1. The summed E-state index contributed by atoms with van der Waals surface area (Å²) in [5.74, 6) is -1.12. The van der Waals surface area contributed by atoms with Crippen LogP contribution in [0.1, 0.15) is 57.5 Å². The van der Waals surface area contributed by atoms with Crippen LogP contribution in [-0.4, -0.2) is 52.4 Å². The second-order valence-corrected chi connectivity index (χ2v) is 14.9. The highest BCUT2D eigenvalue weighted by Crippen LogP contribution is 2.35. The van der Waals surface area contributed by atoms with E-state index in [4.69, 9.17) is 4.74 Å². The van der Waals surface area contributed by atoms with Crippen molar-refractivity contribution in [1.82, 2.24) is 19.1 Å². The first-order chi connectivity index (χ1) is 23.8. The molecule has 4 rings (SSSR count). The lowest BCUT2D eigenvalue weighted by atomic mass is 10.0. The number of halogens is 4. The van der Waals surface area contributed by atoms with Gasteiger partial charge in [-0.1, -0.05) is 43.7 Å². The maximum atomic E-state index is 15.8. The molecule has 0 spiro atoms. The van der Waals surface area contributed by atoms with E-state index in [2.05, 4.69) is 10.4 Å². The first-order valence-electron chi connectivity index (χ1n) is 15.7. The molecule has 1 heterocycles. The summed E-state index contributed by atoms with van der Waals surface area (Å²) in [7, 11) is -4.46. The fraction of sp³-hybridized carbons (Fsp3) is 0.353. The molecule has 0 aliphatic carbocycles. The first kappa shape index (κ1) is 39.2. The minimum Gasteiger partial charge on any atom is -0.443 e. The number of rotatable bonds is 12. The van der Waals surface area contributed by atoms with Gasteiger partial charge in [-0.3, -0.25) is 9.36 Å². The van der Waals surface area contributed by atoms with E-state index in [1.54, 1.807) is 27.0 Å². The molecule has 0 saturated carbocycles. The number of nitrogens with zero attached hydrogens (tertiary/aromatic N) is 3. The third-order valence-corrected chi connectivity index (χ3v) is 9.19. The molecule has 51 heavy (non-hydrogen) atoms. The topological polar surface area (TPSA) is 141 Å². The van der Waals surface area contributed by atoms with E-state index in [-0.39, 0.29) is 45.3 Å². The highest BCUT2D eigenvalue weighted by Gasteiger charge is 2.35. The third kappa shape index (κ3) is 9.78. The molecule has 3 aromatic carbocycles. The van der Waals surface area contributed by atoms with Crippen LogP contribution >= 0.6 is 11.8 Å². The van der Waals surface area contributed by atoms with Crippen LogP contribution in [0, 0.1) is 5.82 Å². The van der Waals surface area contributed by atoms with Gasteiger partial charge in [0.2, 0.25) is 5.91 Å². The minimum absolute atomic E-state index is 0.0267. The molecule has 0 bridgehead atoms. The number of unbranched alkanes of at least 4 members (excludes halogenated alkanes) is 1. The average molecular weight is 752 g/mol.